The smallest absolute Gasteiger partial charge is 0.230 e. The molecular weight excluding hydrogens is 574 g/mol. The van der Waals surface area contributed by atoms with Gasteiger partial charge in [-0.1, -0.05) is 23.2 Å². The molecule has 0 saturated heterocycles. The van der Waals surface area contributed by atoms with Crippen molar-refractivity contribution in [1.29, 1.82) is 10.7 Å². The Morgan fingerprint density at radius 3 is 2.65 bits per heavy atom. The number of nitrogens with zero attached hydrogens (tertiary/aromatic N) is 3. The second kappa shape index (κ2) is 10.5. The van der Waals surface area contributed by atoms with Crippen LogP contribution in [0.3, 0.4) is 0 Å². The van der Waals surface area contributed by atoms with E-state index in [2.05, 4.69) is 37.1 Å². The SMILES string of the molecule is C[C@@H](Oc1ccc(NPI)c(C(=N)c2cnc(F)c(C#N)c2)c1)c1c(Cl)cncc1Cl. The van der Waals surface area contributed by atoms with Gasteiger partial charge < -0.3 is 9.82 Å². The van der Waals surface area contributed by atoms with E-state index in [0.717, 1.165) is 0 Å². The number of halogens is 4. The molecule has 0 aliphatic rings. The van der Waals surface area contributed by atoms with E-state index in [1.54, 1.807) is 31.2 Å². The van der Waals surface area contributed by atoms with Crippen molar-refractivity contribution in [2.75, 3.05) is 5.09 Å². The minimum atomic E-state index is -0.872. The normalized spacial score (nSPS) is 11.9. The van der Waals surface area contributed by atoms with Crippen LogP contribution in [0.4, 0.5) is 10.1 Å². The highest BCUT2D eigenvalue weighted by Gasteiger charge is 2.18. The summed E-state index contributed by atoms with van der Waals surface area (Å²) in [7, 11) is 0. The number of nitrogens with one attached hydrogen (secondary N) is 2. The fraction of sp³-hybridized carbons (Fsp3) is 0.100. The quantitative estimate of drug-likeness (QED) is 0.139. The number of nitriles is 1. The molecule has 1 aromatic carbocycles. The molecule has 0 saturated carbocycles. The highest BCUT2D eigenvalue weighted by Crippen LogP contribution is 2.35. The van der Waals surface area contributed by atoms with Crippen LogP contribution in [0.1, 0.15) is 35.3 Å². The van der Waals surface area contributed by atoms with E-state index < -0.39 is 12.1 Å². The maximum atomic E-state index is 13.6. The summed E-state index contributed by atoms with van der Waals surface area (Å²) in [6.07, 6.45) is 4.09. The van der Waals surface area contributed by atoms with Crippen molar-refractivity contribution in [2.24, 2.45) is 0 Å². The van der Waals surface area contributed by atoms with Crippen molar-refractivity contribution in [3.05, 3.63) is 81.1 Å². The van der Waals surface area contributed by atoms with Crippen LogP contribution >= 0.6 is 51.6 Å². The molecule has 0 radical (unpaired) electrons. The zero-order valence-electron chi connectivity index (χ0n) is 15.9. The third kappa shape index (κ3) is 5.42. The molecule has 31 heavy (non-hydrogen) atoms. The van der Waals surface area contributed by atoms with Crippen LogP contribution in [-0.4, -0.2) is 15.7 Å². The van der Waals surface area contributed by atoms with Crippen LogP contribution in [0.25, 0.3) is 0 Å². The van der Waals surface area contributed by atoms with E-state index in [4.69, 9.17) is 38.6 Å². The molecule has 0 spiro atoms. The van der Waals surface area contributed by atoms with Crippen LogP contribution in [0.15, 0.2) is 42.9 Å². The lowest BCUT2D eigenvalue weighted by atomic mass is 10.0. The predicted molar refractivity (Wildman–Crippen MR) is 131 cm³/mol. The Kier molecular flexibility index (Phi) is 8.00. The van der Waals surface area contributed by atoms with Crippen molar-refractivity contribution in [2.45, 2.75) is 13.0 Å². The van der Waals surface area contributed by atoms with Gasteiger partial charge in [-0.2, -0.15) is 9.65 Å². The Balaban J connectivity index is 1.98. The van der Waals surface area contributed by atoms with Crippen LogP contribution in [0.5, 0.6) is 5.75 Å². The van der Waals surface area contributed by atoms with Crippen LogP contribution in [0, 0.1) is 22.7 Å². The van der Waals surface area contributed by atoms with E-state index in [1.807, 2.05) is 0 Å². The van der Waals surface area contributed by atoms with Gasteiger partial charge in [-0.05, 0) is 53.2 Å². The molecule has 0 bridgehead atoms. The molecule has 2 aromatic heterocycles. The highest BCUT2D eigenvalue weighted by atomic mass is 127. The van der Waals surface area contributed by atoms with Crippen molar-refractivity contribution in [3.8, 4) is 11.8 Å². The number of rotatable bonds is 7. The third-order valence-electron chi connectivity index (χ3n) is 4.30. The van der Waals surface area contributed by atoms with Crippen molar-refractivity contribution in [3.63, 3.8) is 0 Å². The molecule has 0 fully saturated rings. The first-order chi connectivity index (χ1) is 14.8. The standard InChI is InChI=1S/C20H14Cl2FIN5OP/c1-10(18-15(21)8-27-9-16(18)22)30-13-2-3-17(29-31-24)14(5-13)19(26)12-4-11(6-25)20(23)28-7-12/h2-5,7-10,26,29,31H,1H3/t10-/m1/s1. The zero-order valence-corrected chi connectivity index (χ0v) is 20.5. The minimum absolute atomic E-state index is 0.0687. The molecule has 3 aromatic rings. The molecule has 0 aliphatic carbocycles. The summed E-state index contributed by atoms with van der Waals surface area (Å²) in [6.45, 7) is 1.81. The van der Waals surface area contributed by atoms with Crippen LogP contribution in [-0.2, 0) is 0 Å². The Bertz CT molecular complexity index is 1170. The highest BCUT2D eigenvalue weighted by molar-refractivity contribution is 14.2. The Labute approximate surface area is 203 Å². The van der Waals surface area contributed by atoms with Gasteiger partial charge in [-0.3, -0.25) is 10.4 Å². The average molecular weight is 588 g/mol. The Morgan fingerprint density at radius 2 is 2.00 bits per heavy atom. The fourth-order valence-electron chi connectivity index (χ4n) is 2.85. The van der Waals surface area contributed by atoms with E-state index in [0.29, 0.717) is 44.5 Å². The lowest BCUT2D eigenvalue weighted by Crippen LogP contribution is -2.09. The molecule has 11 heteroatoms. The largest absolute Gasteiger partial charge is 0.486 e. The van der Waals surface area contributed by atoms with Gasteiger partial charge in [-0.25, -0.2) is 4.98 Å². The number of hydrogen-bond donors (Lipinski definition) is 2. The topological polar surface area (TPSA) is 94.7 Å². The number of aromatic nitrogens is 2. The molecule has 1 unspecified atom stereocenters. The second-order valence-corrected chi connectivity index (χ2v) is 9.12. The maximum Gasteiger partial charge on any atom is 0.230 e. The first-order valence-electron chi connectivity index (χ1n) is 8.72. The summed E-state index contributed by atoms with van der Waals surface area (Å²) < 4.78 is 19.6. The summed E-state index contributed by atoms with van der Waals surface area (Å²) in [5.41, 5.74) is 1.96. The molecule has 6 nitrogen and oxygen atoms in total. The molecule has 2 N–H and O–H groups in total. The van der Waals surface area contributed by atoms with E-state index >= 15 is 0 Å². The number of ether oxygens (including phenoxy) is 1. The van der Waals surface area contributed by atoms with Gasteiger partial charge in [0.15, 0.2) is 0 Å². The second-order valence-electron chi connectivity index (χ2n) is 6.25. The van der Waals surface area contributed by atoms with Gasteiger partial charge >= 0.3 is 0 Å². The Morgan fingerprint density at radius 1 is 1.29 bits per heavy atom. The molecule has 158 valence electrons. The summed E-state index contributed by atoms with van der Waals surface area (Å²) in [6, 6.07) is 8.28. The monoisotopic (exact) mass is 587 g/mol. The fourth-order valence-corrected chi connectivity index (χ4v) is 4.72. The molecule has 0 amide bonds. The van der Waals surface area contributed by atoms with Crippen molar-refractivity contribution in [1.82, 2.24) is 9.97 Å². The first-order valence-corrected chi connectivity index (χ1v) is 13.6. The van der Waals surface area contributed by atoms with Crippen LogP contribution in [0.2, 0.25) is 10.0 Å². The number of benzene rings is 1. The van der Waals surface area contributed by atoms with Gasteiger partial charge in [0.05, 0.1) is 15.8 Å². The number of hydrogen-bond acceptors (Lipinski definition) is 6. The van der Waals surface area contributed by atoms with Gasteiger partial charge in [0.2, 0.25) is 5.95 Å². The summed E-state index contributed by atoms with van der Waals surface area (Å²) in [5.74, 6) is -0.391. The third-order valence-corrected chi connectivity index (χ3v) is 6.08. The van der Waals surface area contributed by atoms with E-state index in [1.165, 1.54) is 24.7 Å². The Hall–Kier alpha value is -2.05. The predicted octanol–water partition coefficient (Wildman–Crippen LogP) is 6.71. The van der Waals surface area contributed by atoms with Gasteiger partial charge in [-0.15, -0.1) is 0 Å². The van der Waals surface area contributed by atoms with Gasteiger partial charge in [0, 0.05) is 47.3 Å². The summed E-state index contributed by atoms with van der Waals surface area (Å²) in [4.78, 5) is 7.53. The lowest BCUT2D eigenvalue weighted by molar-refractivity contribution is 0.227. The molecule has 3 rings (SSSR count). The first kappa shape index (κ1) is 23.6. The zero-order chi connectivity index (χ0) is 22.5. The summed E-state index contributed by atoms with van der Waals surface area (Å²) >= 11 is 14.6. The van der Waals surface area contributed by atoms with E-state index in [9.17, 15) is 4.39 Å². The van der Waals surface area contributed by atoms with Crippen molar-refractivity contribution < 1.29 is 9.13 Å². The average Bonchev–Trinajstić information content (AvgIpc) is 2.74. The molecule has 2 heterocycles. The van der Waals surface area contributed by atoms with Crippen LogP contribution < -0.4 is 9.82 Å². The molecule has 0 aliphatic heterocycles. The molecular formula is C20H14Cl2FIN5OP. The van der Waals surface area contributed by atoms with E-state index in [-0.39, 0.29) is 11.3 Å². The van der Waals surface area contributed by atoms with Gasteiger partial charge in [0.1, 0.15) is 23.5 Å². The number of pyridine rings is 2. The minimum Gasteiger partial charge on any atom is -0.486 e. The summed E-state index contributed by atoms with van der Waals surface area (Å²) in [5, 5.41) is 21.7. The van der Waals surface area contributed by atoms with Crippen molar-refractivity contribution >= 4 is 63.0 Å². The van der Waals surface area contributed by atoms with Gasteiger partial charge in [0.25, 0.3) is 0 Å². The lowest BCUT2D eigenvalue weighted by Gasteiger charge is -2.19. The maximum absolute atomic E-state index is 13.6. The molecule has 2 atom stereocenters. The number of anilines is 1.